The number of benzene rings is 2. The van der Waals surface area contributed by atoms with Crippen molar-refractivity contribution >= 4 is 11.9 Å². The van der Waals surface area contributed by atoms with Crippen molar-refractivity contribution in [1.29, 1.82) is 0 Å². The van der Waals surface area contributed by atoms with Crippen LogP contribution in [0.5, 0.6) is 0 Å². The number of aliphatic imine (C=N–C) groups is 1. The molecule has 0 unspecified atom stereocenters. The van der Waals surface area contributed by atoms with Crippen molar-refractivity contribution < 1.29 is 13.2 Å². The molecule has 0 N–H and O–H groups in total. The highest BCUT2D eigenvalue weighted by Crippen LogP contribution is 2.13. The van der Waals surface area contributed by atoms with Crippen LogP contribution in [0.15, 0.2) is 47.5 Å². The zero-order valence-corrected chi connectivity index (χ0v) is 8.70. The van der Waals surface area contributed by atoms with E-state index in [0.29, 0.717) is 5.69 Å². The zero-order valence-electron chi connectivity index (χ0n) is 8.70. The first-order valence-corrected chi connectivity index (χ1v) is 4.90. The van der Waals surface area contributed by atoms with Gasteiger partial charge in [-0.05, 0) is 36.4 Å². The van der Waals surface area contributed by atoms with E-state index in [1.165, 1.54) is 36.5 Å². The third kappa shape index (κ3) is 2.93. The molecule has 17 heavy (non-hydrogen) atoms. The molecule has 0 amide bonds. The largest absolute Gasteiger partial charge is 0.256 e. The van der Waals surface area contributed by atoms with Gasteiger partial charge in [0.15, 0.2) is 0 Å². The lowest BCUT2D eigenvalue weighted by Crippen LogP contribution is -1.88. The van der Waals surface area contributed by atoms with Crippen molar-refractivity contribution in [2.24, 2.45) is 4.99 Å². The fourth-order valence-electron chi connectivity index (χ4n) is 1.28. The molecule has 1 nitrogen and oxygen atoms in total. The monoisotopic (exact) mass is 235 g/mol. The second-order valence-corrected chi connectivity index (χ2v) is 3.40. The van der Waals surface area contributed by atoms with E-state index in [9.17, 15) is 13.2 Å². The summed E-state index contributed by atoms with van der Waals surface area (Å²) in [5.41, 5.74) is 0.672. The van der Waals surface area contributed by atoms with Gasteiger partial charge in [-0.15, -0.1) is 0 Å². The second kappa shape index (κ2) is 4.82. The van der Waals surface area contributed by atoms with E-state index >= 15 is 0 Å². The van der Waals surface area contributed by atoms with Crippen LogP contribution in [-0.4, -0.2) is 6.21 Å². The Kier molecular flexibility index (Phi) is 3.23. The Morgan fingerprint density at radius 1 is 0.824 bits per heavy atom. The van der Waals surface area contributed by atoms with Gasteiger partial charge >= 0.3 is 0 Å². The topological polar surface area (TPSA) is 12.4 Å². The lowest BCUT2D eigenvalue weighted by molar-refractivity contribution is 0.582. The van der Waals surface area contributed by atoms with Gasteiger partial charge in [0.05, 0.1) is 5.69 Å². The molecule has 0 saturated carbocycles. The van der Waals surface area contributed by atoms with Crippen LogP contribution in [0.1, 0.15) is 5.56 Å². The predicted molar refractivity (Wildman–Crippen MR) is 60.0 cm³/mol. The molecule has 0 saturated heterocycles. The van der Waals surface area contributed by atoms with E-state index < -0.39 is 11.6 Å². The summed E-state index contributed by atoms with van der Waals surface area (Å²) in [5.74, 6) is -1.69. The van der Waals surface area contributed by atoms with Crippen LogP contribution in [0.2, 0.25) is 0 Å². The first-order valence-electron chi connectivity index (χ1n) is 4.90. The van der Waals surface area contributed by atoms with Crippen LogP contribution in [0.25, 0.3) is 0 Å². The smallest absolute Gasteiger partial charge is 0.134 e. The minimum Gasteiger partial charge on any atom is -0.256 e. The van der Waals surface area contributed by atoms with Gasteiger partial charge in [0.25, 0.3) is 0 Å². The van der Waals surface area contributed by atoms with Crippen LogP contribution >= 0.6 is 0 Å². The maximum absolute atomic E-state index is 13.2. The minimum absolute atomic E-state index is 0.177. The normalized spacial score (nSPS) is 11.0. The van der Waals surface area contributed by atoms with Crippen LogP contribution in [0.3, 0.4) is 0 Å². The summed E-state index contributed by atoms with van der Waals surface area (Å²) in [6.45, 7) is 0. The minimum atomic E-state index is -0.684. The summed E-state index contributed by atoms with van der Waals surface area (Å²) < 4.78 is 38.5. The molecule has 2 rings (SSSR count). The molecule has 86 valence electrons. The van der Waals surface area contributed by atoms with Crippen LogP contribution in [-0.2, 0) is 0 Å². The Morgan fingerprint density at radius 2 is 1.47 bits per heavy atom. The summed E-state index contributed by atoms with van der Waals surface area (Å²) in [7, 11) is 0. The second-order valence-electron chi connectivity index (χ2n) is 3.40. The van der Waals surface area contributed by atoms with E-state index in [2.05, 4.69) is 4.99 Å². The molecular weight excluding hydrogens is 227 g/mol. The van der Waals surface area contributed by atoms with Gasteiger partial charge in [0.1, 0.15) is 17.5 Å². The number of hydrogen-bond donors (Lipinski definition) is 0. The van der Waals surface area contributed by atoms with Crippen molar-refractivity contribution in [3.63, 3.8) is 0 Å². The fraction of sp³-hybridized carbons (Fsp3) is 0. The molecule has 0 heterocycles. The molecule has 4 heteroatoms. The van der Waals surface area contributed by atoms with Crippen LogP contribution in [0, 0.1) is 17.5 Å². The van der Waals surface area contributed by atoms with Crippen LogP contribution < -0.4 is 0 Å². The highest BCUT2D eigenvalue weighted by atomic mass is 19.1. The Bertz CT molecular complexity index is 547. The number of nitrogens with zero attached hydrogens (tertiary/aromatic N) is 1. The quantitative estimate of drug-likeness (QED) is 0.701. The number of halogens is 3. The molecule has 0 radical (unpaired) electrons. The van der Waals surface area contributed by atoms with E-state index in [-0.39, 0.29) is 11.4 Å². The summed E-state index contributed by atoms with van der Waals surface area (Å²) >= 11 is 0. The highest BCUT2D eigenvalue weighted by Gasteiger charge is 2.00. The van der Waals surface area contributed by atoms with Crippen molar-refractivity contribution in [3.8, 4) is 0 Å². The predicted octanol–water partition coefficient (Wildman–Crippen LogP) is 3.85. The molecule has 0 aliphatic carbocycles. The summed E-state index contributed by atoms with van der Waals surface area (Å²) in [6.07, 6.45) is 1.27. The summed E-state index contributed by atoms with van der Waals surface area (Å²) in [4.78, 5) is 3.95. The Morgan fingerprint density at radius 3 is 2.12 bits per heavy atom. The SMILES string of the molecule is Fc1ccc(/N=C/c2ccc(F)cc2F)cc1. The third-order valence-corrected chi connectivity index (χ3v) is 2.14. The van der Waals surface area contributed by atoms with Gasteiger partial charge in [-0.3, -0.25) is 4.99 Å². The molecule has 2 aromatic rings. The van der Waals surface area contributed by atoms with E-state index in [1.54, 1.807) is 0 Å². The van der Waals surface area contributed by atoms with Crippen molar-refractivity contribution in [1.82, 2.24) is 0 Å². The van der Waals surface area contributed by atoms with Crippen molar-refractivity contribution in [3.05, 3.63) is 65.5 Å². The molecule has 0 atom stereocenters. The van der Waals surface area contributed by atoms with E-state index in [4.69, 9.17) is 0 Å². The lowest BCUT2D eigenvalue weighted by atomic mass is 10.2. The van der Waals surface area contributed by atoms with Gasteiger partial charge in [-0.1, -0.05) is 0 Å². The van der Waals surface area contributed by atoms with E-state index in [0.717, 1.165) is 12.1 Å². The first kappa shape index (κ1) is 11.4. The number of hydrogen-bond acceptors (Lipinski definition) is 1. The van der Waals surface area contributed by atoms with Crippen molar-refractivity contribution in [2.45, 2.75) is 0 Å². The van der Waals surface area contributed by atoms with Gasteiger partial charge in [-0.2, -0.15) is 0 Å². The first-order chi connectivity index (χ1) is 8.15. The van der Waals surface area contributed by atoms with Gasteiger partial charge in [0.2, 0.25) is 0 Å². The molecular formula is C13H8F3N. The molecule has 0 aromatic heterocycles. The third-order valence-electron chi connectivity index (χ3n) is 2.14. The molecule has 0 bridgehead atoms. The summed E-state index contributed by atoms with van der Waals surface area (Å²) in [5, 5.41) is 0. The molecule has 0 aliphatic heterocycles. The van der Waals surface area contributed by atoms with Gasteiger partial charge < -0.3 is 0 Å². The zero-order chi connectivity index (χ0) is 12.3. The average Bonchev–Trinajstić information content (AvgIpc) is 2.30. The molecule has 0 fully saturated rings. The standard InChI is InChI=1S/C13H8F3N/c14-10-3-5-12(6-4-10)17-8-9-1-2-11(15)7-13(9)16/h1-8H/b17-8+. The summed E-state index contributed by atoms with van der Waals surface area (Å²) in [6, 6.07) is 8.67. The molecule has 0 spiro atoms. The highest BCUT2D eigenvalue weighted by molar-refractivity contribution is 5.82. The van der Waals surface area contributed by atoms with E-state index in [1.807, 2.05) is 0 Å². The van der Waals surface area contributed by atoms with Gasteiger partial charge in [0, 0.05) is 17.8 Å². The maximum atomic E-state index is 13.2. The van der Waals surface area contributed by atoms with Gasteiger partial charge in [-0.25, -0.2) is 13.2 Å². The Balaban J connectivity index is 2.23. The lowest BCUT2D eigenvalue weighted by Gasteiger charge is -1.96. The molecule has 0 aliphatic rings. The number of rotatable bonds is 2. The Labute approximate surface area is 96.2 Å². The van der Waals surface area contributed by atoms with Crippen molar-refractivity contribution in [2.75, 3.05) is 0 Å². The molecule has 2 aromatic carbocycles. The fourth-order valence-corrected chi connectivity index (χ4v) is 1.28. The van der Waals surface area contributed by atoms with Crippen LogP contribution in [0.4, 0.5) is 18.9 Å². The maximum Gasteiger partial charge on any atom is 0.134 e. The average molecular weight is 235 g/mol. The Hall–Kier alpha value is -2.10.